The maximum Gasteiger partial charge on any atom is 0.409 e. The lowest BCUT2D eigenvalue weighted by Crippen LogP contribution is -2.32. The van der Waals surface area contributed by atoms with E-state index < -0.39 is 0 Å². The SMILES string of the molecule is COCCOCCOCCOCCOCCOCCOCCOCCOCCN(C)C(=O)OCC1c2ccccc2-c2ccccc21. The summed E-state index contributed by atoms with van der Waals surface area (Å²) >= 11 is 0. The molecular weight excluding hydrogens is 610 g/mol. The van der Waals surface area contributed by atoms with Crippen LogP contribution >= 0.6 is 0 Å². The van der Waals surface area contributed by atoms with Crippen LogP contribution in [-0.2, 0) is 47.4 Å². The Hall–Kier alpha value is -2.65. The third kappa shape index (κ3) is 15.9. The van der Waals surface area contributed by atoms with Crippen molar-refractivity contribution >= 4 is 6.09 Å². The smallest absolute Gasteiger partial charge is 0.409 e. The molecule has 12 heteroatoms. The van der Waals surface area contributed by atoms with Crippen molar-refractivity contribution < 1.29 is 52.2 Å². The van der Waals surface area contributed by atoms with E-state index in [1.54, 1.807) is 14.2 Å². The van der Waals surface area contributed by atoms with Crippen molar-refractivity contribution in [2.75, 3.05) is 140 Å². The second-order valence-electron chi connectivity index (χ2n) is 10.6. The molecule has 0 atom stereocenters. The van der Waals surface area contributed by atoms with Crippen molar-refractivity contribution in [3.05, 3.63) is 59.7 Å². The molecule has 0 saturated heterocycles. The standard InChI is InChI=1S/C35H53NO11/c1-36(35(37)47-29-34-32-9-5-3-7-30(32)31-8-4-6-10-33(31)34)11-12-39-15-16-41-19-20-43-23-24-45-27-28-46-26-25-44-22-21-42-18-17-40-14-13-38-2/h3-10,34H,11-29H2,1-2H3. The fraction of sp³-hybridized carbons (Fsp3) is 0.629. The molecule has 0 heterocycles. The Labute approximate surface area is 279 Å². The van der Waals surface area contributed by atoms with E-state index in [0.29, 0.717) is 125 Å². The zero-order valence-electron chi connectivity index (χ0n) is 28.1. The Balaban J connectivity index is 1.03. The molecule has 0 aromatic heterocycles. The topological polar surface area (TPSA) is 113 Å². The van der Waals surface area contributed by atoms with Gasteiger partial charge in [0, 0.05) is 26.6 Å². The van der Waals surface area contributed by atoms with Gasteiger partial charge in [0.15, 0.2) is 0 Å². The highest BCUT2D eigenvalue weighted by atomic mass is 16.6. The first-order valence-corrected chi connectivity index (χ1v) is 16.4. The van der Waals surface area contributed by atoms with Crippen molar-refractivity contribution in [2.24, 2.45) is 0 Å². The van der Waals surface area contributed by atoms with Gasteiger partial charge in [0.25, 0.3) is 0 Å². The van der Waals surface area contributed by atoms with Crippen LogP contribution in [0.2, 0.25) is 0 Å². The fourth-order valence-corrected chi connectivity index (χ4v) is 4.78. The summed E-state index contributed by atoms with van der Waals surface area (Å²) in [6.45, 7) is 9.29. The van der Waals surface area contributed by atoms with Crippen LogP contribution in [0, 0.1) is 0 Å². The number of likely N-dealkylation sites (N-methyl/N-ethyl adjacent to an activating group) is 1. The quantitative estimate of drug-likeness (QED) is 0.119. The van der Waals surface area contributed by atoms with Gasteiger partial charge in [-0.3, -0.25) is 0 Å². The number of ether oxygens (including phenoxy) is 10. The molecule has 0 saturated carbocycles. The molecule has 1 aliphatic rings. The van der Waals surface area contributed by atoms with Gasteiger partial charge in [0.05, 0.1) is 112 Å². The normalized spacial score (nSPS) is 12.3. The number of hydrogen-bond acceptors (Lipinski definition) is 11. The molecular formula is C35H53NO11. The Morgan fingerprint density at radius 2 is 0.872 bits per heavy atom. The molecule has 47 heavy (non-hydrogen) atoms. The van der Waals surface area contributed by atoms with E-state index >= 15 is 0 Å². The summed E-state index contributed by atoms with van der Waals surface area (Å²) in [7, 11) is 3.36. The number of amides is 1. The van der Waals surface area contributed by atoms with Gasteiger partial charge < -0.3 is 52.3 Å². The van der Waals surface area contributed by atoms with Crippen molar-refractivity contribution in [1.82, 2.24) is 4.90 Å². The Morgan fingerprint density at radius 1 is 0.532 bits per heavy atom. The minimum atomic E-state index is -0.361. The van der Waals surface area contributed by atoms with E-state index in [1.165, 1.54) is 27.2 Å². The maximum absolute atomic E-state index is 12.6. The van der Waals surface area contributed by atoms with E-state index in [4.69, 9.17) is 47.4 Å². The van der Waals surface area contributed by atoms with Gasteiger partial charge in [0.2, 0.25) is 0 Å². The van der Waals surface area contributed by atoms with Crippen molar-refractivity contribution in [2.45, 2.75) is 5.92 Å². The monoisotopic (exact) mass is 663 g/mol. The van der Waals surface area contributed by atoms with Crippen LogP contribution < -0.4 is 0 Å². The fourth-order valence-electron chi connectivity index (χ4n) is 4.78. The van der Waals surface area contributed by atoms with Crippen molar-refractivity contribution in [3.8, 4) is 11.1 Å². The second kappa shape index (κ2) is 25.4. The van der Waals surface area contributed by atoms with E-state index in [1.807, 2.05) is 24.3 Å². The Morgan fingerprint density at radius 3 is 1.26 bits per heavy atom. The van der Waals surface area contributed by atoms with Crippen LogP contribution in [0.1, 0.15) is 17.0 Å². The van der Waals surface area contributed by atoms with Gasteiger partial charge in [-0.1, -0.05) is 48.5 Å². The van der Waals surface area contributed by atoms with E-state index in [9.17, 15) is 4.79 Å². The van der Waals surface area contributed by atoms with Crippen LogP contribution in [0.4, 0.5) is 4.79 Å². The third-order valence-corrected chi connectivity index (χ3v) is 7.25. The van der Waals surface area contributed by atoms with E-state index in [-0.39, 0.29) is 12.0 Å². The summed E-state index contributed by atoms with van der Waals surface area (Å²) < 4.78 is 54.3. The molecule has 264 valence electrons. The number of fused-ring (bicyclic) bond motifs is 3. The molecule has 0 spiro atoms. The molecule has 0 radical (unpaired) electrons. The zero-order valence-corrected chi connectivity index (χ0v) is 28.1. The summed E-state index contributed by atoms with van der Waals surface area (Å²) in [6.07, 6.45) is -0.361. The number of rotatable bonds is 29. The van der Waals surface area contributed by atoms with Gasteiger partial charge in [-0.15, -0.1) is 0 Å². The minimum Gasteiger partial charge on any atom is -0.448 e. The number of nitrogens with zero attached hydrogens (tertiary/aromatic N) is 1. The highest BCUT2D eigenvalue weighted by molar-refractivity contribution is 5.79. The number of carbonyl (C=O) groups is 1. The molecule has 1 aliphatic carbocycles. The second-order valence-corrected chi connectivity index (χ2v) is 10.6. The van der Waals surface area contributed by atoms with Gasteiger partial charge in [0.1, 0.15) is 6.61 Å². The molecule has 0 unspecified atom stereocenters. The molecule has 12 nitrogen and oxygen atoms in total. The number of methoxy groups -OCH3 is 1. The average Bonchev–Trinajstić information content (AvgIpc) is 3.42. The van der Waals surface area contributed by atoms with Crippen LogP contribution in [-0.4, -0.2) is 151 Å². The van der Waals surface area contributed by atoms with Crippen LogP contribution in [0.15, 0.2) is 48.5 Å². The lowest BCUT2D eigenvalue weighted by molar-refractivity contribution is -0.0245. The molecule has 2 aromatic rings. The largest absolute Gasteiger partial charge is 0.448 e. The lowest BCUT2D eigenvalue weighted by atomic mass is 9.98. The molecule has 1 amide bonds. The molecule has 2 aromatic carbocycles. The highest BCUT2D eigenvalue weighted by Gasteiger charge is 2.29. The first-order chi connectivity index (χ1) is 23.2. The summed E-state index contributed by atoms with van der Waals surface area (Å²) in [5.74, 6) is 0.0427. The van der Waals surface area contributed by atoms with Crippen LogP contribution in [0.5, 0.6) is 0 Å². The zero-order chi connectivity index (χ0) is 33.2. The molecule has 0 fully saturated rings. The van der Waals surface area contributed by atoms with E-state index in [0.717, 1.165) is 0 Å². The van der Waals surface area contributed by atoms with Gasteiger partial charge >= 0.3 is 6.09 Å². The van der Waals surface area contributed by atoms with E-state index in [2.05, 4.69) is 24.3 Å². The molecule has 0 N–H and O–H groups in total. The summed E-state index contributed by atoms with van der Waals surface area (Å²) in [4.78, 5) is 14.1. The first kappa shape index (κ1) is 38.8. The summed E-state index contributed by atoms with van der Waals surface area (Å²) in [5.41, 5.74) is 4.81. The average molecular weight is 664 g/mol. The molecule has 0 aliphatic heterocycles. The highest BCUT2D eigenvalue weighted by Crippen LogP contribution is 2.44. The van der Waals surface area contributed by atoms with Crippen LogP contribution in [0.25, 0.3) is 11.1 Å². The predicted molar refractivity (Wildman–Crippen MR) is 176 cm³/mol. The lowest BCUT2D eigenvalue weighted by Gasteiger charge is -2.19. The third-order valence-electron chi connectivity index (χ3n) is 7.25. The first-order valence-electron chi connectivity index (χ1n) is 16.4. The number of carbonyl (C=O) groups excluding carboxylic acids is 1. The Kier molecular flexibility index (Phi) is 20.9. The predicted octanol–water partition coefficient (Wildman–Crippen LogP) is 3.65. The molecule has 3 rings (SSSR count). The minimum absolute atomic E-state index is 0.0427. The van der Waals surface area contributed by atoms with Crippen LogP contribution in [0.3, 0.4) is 0 Å². The maximum atomic E-state index is 12.6. The Bertz CT molecular complexity index is 1040. The molecule has 0 bridgehead atoms. The van der Waals surface area contributed by atoms with Gasteiger partial charge in [-0.2, -0.15) is 0 Å². The van der Waals surface area contributed by atoms with Gasteiger partial charge in [-0.25, -0.2) is 4.79 Å². The summed E-state index contributed by atoms with van der Waals surface area (Å²) in [5, 5.41) is 0. The number of benzene rings is 2. The number of hydrogen-bond donors (Lipinski definition) is 0. The van der Waals surface area contributed by atoms with Crippen molar-refractivity contribution in [3.63, 3.8) is 0 Å². The van der Waals surface area contributed by atoms with Gasteiger partial charge in [-0.05, 0) is 22.3 Å². The summed E-state index contributed by atoms with van der Waals surface area (Å²) in [6, 6.07) is 16.6. The van der Waals surface area contributed by atoms with Crippen molar-refractivity contribution in [1.29, 1.82) is 0 Å².